The van der Waals surface area contributed by atoms with Crippen LogP contribution in [0.25, 0.3) is 5.69 Å². The average Bonchev–Trinajstić information content (AvgIpc) is 2.64. The molecule has 0 fully saturated rings. The summed E-state index contributed by atoms with van der Waals surface area (Å²) in [7, 11) is 0. The Labute approximate surface area is 91.9 Å². The minimum atomic E-state index is 0.168. The van der Waals surface area contributed by atoms with Crippen LogP contribution in [-0.4, -0.2) is 14.9 Å². The van der Waals surface area contributed by atoms with Gasteiger partial charge in [-0.25, -0.2) is 4.68 Å². The molecule has 0 radical (unpaired) electrons. The maximum absolute atomic E-state index is 9.61. The normalized spacial score (nSPS) is 10.5. The van der Waals surface area contributed by atoms with Gasteiger partial charge in [0.05, 0.1) is 16.9 Å². The van der Waals surface area contributed by atoms with Crippen molar-refractivity contribution in [3.63, 3.8) is 0 Å². The van der Waals surface area contributed by atoms with Crippen molar-refractivity contribution >= 4 is 11.6 Å². The molecule has 3 N–H and O–H groups in total. The molecular formula is C10H10ClN3O. The Morgan fingerprint density at radius 3 is 2.87 bits per heavy atom. The molecule has 5 heteroatoms. The number of benzene rings is 1. The van der Waals surface area contributed by atoms with Crippen molar-refractivity contribution in [2.75, 3.05) is 0 Å². The van der Waals surface area contributed by atoms with Gasteiger partial charge < -0.3 is 10.8 Å². The summed E-state index contributed by atoms with van der Waals surface area (Å²) in [6.07, 6.45) is 3.20. The van der Waals surface area contributed by atoms with Gasteiger partial charge >= 0.3 is 0 Å². The lowest BCUT2D eigenvalue weighted by Crippen LogP contribution is -2.05. The molecule has 78 valence electrons. The molecule has 0 aliphatic carbocycles. The van der Waals surface area contributed by atoms with Gasteiger partial charge in [-0.15, -0.1) is 0 Å². The molecule has 0 aliphatic rings. The Bertz CT molecular complexity index is 481. The zero-order valence-electron chi connectivity index (χ0n) is 7.89. The summed E-state index contributed by atoms with van der Waals surface area (Å²) in [5, 5.41) is 14.2. The monoisotopic (exact) mass is 223 g/mol. The molecule has 1 aromatic heterocycles. The molecule has 0 spiro atoms. The maximum Gasteiger partial charge on any atom is 0.122 e. The highest BCUT2D eigenvalue weighted by Crippen LogP contribution is 2.23. The number of phenols is 1. The van der Waals surface area contributed by atoms with Crippen LogP contribution in [0.2, 0.25) is 5.02 Å². The predicted molar refractivity (Wildman–Crippen MR) is 58.1 cm³/mol. The molecule has 0 aliphatic heterocycles. The molecule has 4 nitrogen and oxygen atoms in total. The van der Waals surface area contributed by atoms with Crippen LogP contribution in [0.5, 0.6) is 5.75 Å². The standard InChI is InChI=1S/C10H10ClN3O/c11-7-5-13-14(6-7)9-2-1-3-10(15)8(9)4-12/h1-3,5-6,15H,4,12H2. The van der Waals surface area contributed by atoms with Gasteiger partial charge in [0.1, 0.15) is 5.75 Å². The van der Waals surface area contributed by atoms with E-state index in [0.717, 1.165) is 5.69 Å². The Balaban J connectivity index is 2.57. The molecule has 0 unspecified atom stereocenters. The van der Waals surface area contributed by atoms with Gasteiger partial charge in [-0.2, -0.15) is 5.10 Å². The van der Waals surface area contributed by atoms with E-state index in [2.05, 4.69) is 5.10 Å². The largest absolute Gasteiger partial charge is 0.508 e. The van der Waals surface area contributed by atoms with E-state index in [9.17, 15) is 5.11 Å². The van der Waals surface area contributed by atoms with E-state index in [1.807, 2.05) is 6.07 Å². The van der Waals surface area contributed by atoms with E-state index >= 15 is 0 Å². The third kappa shape index (κ3) is 1.82. The van der Waals surface area contributed by atoms with Crippen molar-refractivity contribution in [2.45, 2.75) is 6.54 Å². The van der Waals surface area contributed by atoms with E-state index in [0.29, 0.717) is 10.6 Å². The van der Waals surface area contributed by atoms with Crippen LogP contribution in [-0.2, 0) is 6.54 Å². The van der Waals surface area contributed by atoms with Gasteiger partial charge in [0.25, 0.3) is 0 Å². The summed E-state index contributed by atoms with van der Waals surface area (Å²) in [5.74, 6) is 0.168. The third-order valence-electron chi connectivity index (χ3n) is 2.13. The molecule has 0 saturated carbocycles. The fraction of sp³-hybridized carbons (Fsp3) is 0.100. The van der Waals surface area contributed by atoms with Crippen LogP contribution in [0.4, 0.5) is 0 Å². The van der Waals surface area contributed by atoms with Crippen LogP contribution >= 0.6 is 11.6 Å². The van der Waals surface area contributed by atoms with Crippen LogP contribution in [0.15, 0.2) is 30.6 Å². The Morgan fingerprint density at radius 2 is 2.27 bits per heavy atom. The summed E-state index contributed by atoms with van der Waals surface area (Å²) in [5.41, 5.74) is 6.95. The number of aromatic hydroxyl groups is 1. The summed E-state index contributed by atoms with van der Waals surface area (Å²) in [4.78, 5) is 0. The fourth-order valence-corrected chi connectivity index (χ4v) is 1.56. The fourth-order valence-electron chi connectivity index (χ4n) is 1.42. The number of hydrogen-bond donors (Lipinski definition) is 2. The molecule has 1 aromatic carbocycles. The van der Waals surface area contributed by atoms with Crippen LogP contribution in [0.3, 0.4) is 0 Å². The third-order valence-corrected chi connectivity index (χ3v) is 2.32. The lowest BCUT2D eigenvalue weighted by atomic mass is 10.1. The lowest BCUT2D eigenvalue weighted by Gasteiger charge is -2.08. The summed E-state index contributed by atoms with van der Waals surface area (Å²) >= 11 is 5.77. The van der Waals surface area contributed by atoms with Crippen molar-refractivity contribution in [3.05, 3.63) is 41.2 Å². The molecule has 1 heterocycles. The highest BCUT2D eigenvalue weighted by Gasteiger charge is 2.08. The highest BCUT2D eigenvalue weighted by atomic mass is 35.5. The van der Waals surface area contributed by atoms with Crippen LogP contribution in [0, 0.1) is 0 Å². The molecule has 0 atom stereocenters. The molecule has 0 bridgehead atoms. The first-order valence-corrected chi connectivity index (χ1v) is 4.81. The number of halogens is 1. The minimum Gasteiger partial charge on any atom is -0.508 e. The number of rotatable bonds is 2. The van der Waals surface area contributed by atoms with Gasteiger partial charge in [-0.3, -0.25) is 0 Å². The zero-order chi connectivity index (χ0) is 10.8. The molecule has 2 aromatic rings. The smallest absolute Gasteiger partial charge is 0.122 e. The Morgan fingerprint density at radius 1 is 1.47 bits per heavy atom. The molecular weight excluding hydrogens is 214 g/mol. The van der Waals surface area contributed by atoms with Gasteiger partial charge in [-0.1, -0.05) is 17.7 Å². The zero-order valence-corrected chi connectivity index (χ0v) is 8.65. The summed E-state index contributed by atoms with van der Waals surface area (Å²) in [6, 6.07) is 5.15. The number of phenolic OH excluding ortho intramolecular Hbond substituents is 1. The van der Waals surface area contributed by atoms with E-state index in [4.69, 9.17) is 17.3 Å². The van der Waals surface area contributed by atoms with Gasteiger partial charge in [0.2, 0.25) is 0 Å². The molecule has 2 rings (SSSR count). The molecule has 15 heavy (non-hydrogen) atoms. The SMILES string of the molecule is NCc1c(O)cccc1-n1cc(Cl)cn1. The molecule has 0 saturated heterocycles. The lowest BCUT2D eigenvalue weighted by molar-refractivity contribution is 0.467. The van der Waals surface area contributed by atoms with Crippen molar-refractivity contribution in [1.82, 2.24) is 9.78 Å². The topological polar surface area (TPSA) is 64.1 Å². The highest BCUT2D eigenvalue weighted by molar-refractivity contribution is 6.30. The number of nitrogens with zero attached hydrogens (tertiary/aromatic N) is 2. The minimum absolute atomic E-state index is 0.168. The summed E-state index contributed by atoms with van der Waals surface area (Å²) in [6.45, 7) is 0.249. The van der Waals surface area contributed by atoms with Crippen LogP contribution < -0.4 is 5.73 Å². The second-order valence-electron chi connectivity index (χ2n) is 3.08. The Hall–Kier alpha value is -1.52. The van der Waals surface area contributed by atoms with Gasteiger partial charge in [0, 0.05) is 18.3 Å². The second-order valence-corrected chi connectivity index (χ2v) is 3.52. The van der Waals surface area contributed by atoms with Crippen LogP contribution in [0.1, 0.15) is 5.56 Å². The van der Waals surface area contributed by atoms with E-state index < -0.39 is 0 Å². The maximum atomic E-state index is 9.61. The predicted octanol–water partition coefficient (Wildman–Crippen LogP) is 1.69. The van der Waals surface area contributed by atoms with Crippen molar-refractivity contribution < 1.29 is 5.11 Å². The quantitative estimate of drug-likeness (QED) is 0.815. The molecule has 0 amide bonds. The first-order valence-electron chi connectivity index (χ1n) is 4.44. The van der Waals surface area contributed by atoms with Gasteiger partial charge in [0.15, 0.2) is 0 Å². The van der Waals surface area contributed by atoms with E-state index in [1.54, 1.807) is 23.0 Å². The average molecular weight is 224 g/mol. The second kappa shape index (κ2) is 3.92. The van der Waals surface area contributed by atoms with Crippen molar-refractivity contribution in [2.24, 2.45) is 5.73 Å². The van der Waals surface area contributed by atoms with Crippen molar-refractivity contribution in [3.8, 4) is 11.4 Å². The number of hydrogen-bond acceptors (Lipinski definition) is 3. The number of nitrogens with two attached hydrogens (primary N) is 1. The van der Waals surface area contributed by atoms with E-state index in [-0.39, 0.29) is 12.3 Å². The first kappa shape index (κ1) is 10.0. The number of aromatic nitrogens is 2. The van der Waals surface area contributed by atoms with Gasteiger partial charge in [-0.05, 0) is 12.1 Å². The van der Waals surface area contributed by atoms with Crippen molar-refractivity contribution in [1.29, 1.82) is 0 Å². The Kier molecular flexibility index (Phi) is 2.62. The first-order chi connectivity index (χ1) is 7.22. The van der Waals surface area contributed by atoms with E-state index in [1.165, 1.54) is 6.20 Å². The summed E-state index contributed by atoms with van der Waals surface area (Å²) < 4.78 is 1.59.